The molecule has 2 atom stereocenters. The van der Waals surface area contributed by atoms with Crippen LogP contribution in [0, 0.1) is 11.7 Å². The van der Waals surface area contributed by atoms with Gasteiger partial charge in [0.2, 0.25) is 5.91 Å². The third-order valence-electron chi connectivity index (χ3n) is 2.95. The highest BCUT2D eigenvalue weighted by atomic mass is 32.2. The molecular formula is C14H18FNO3S. The number of hydrogen-bond donors (Lipinski definition) is 2. The summed E-state index contributed by atoms with van der Waals surface area (Å²) in [5, 5.41) is 11.5. The van der Waals surface area contributed by atoms with Crippen LogP contribution < -0.4 is 5.32 Å². The molecule has 0 saturated heterocycles. The number of nitrogens with one attached hydrogen (secondary N) is 1. The van der Waals surface area contributed by atoms with E-state index in [1.807, 2.05) is 0 Å². The largest absolute Gasteiger partial charge is 0.481 e. The normalized spacial score (nSPS) is 13.6. The summed E-state index contributed by atoms with van der Waals surface area (Å²) in [6.45, 7) is 3.20. The van der Waals surface area contributed by atoms with Crippen LogP contribution in [0.25, 0.3) is 0 Å². The number of hydrogen-bond acceptors (Lipinski definition) is 3. The van der Waals surface area contributed by atoms with Crippen molar-refractivity contribution in [3.05, 3.63) is 30.1 Å². The van der Waals surface area contributed by atoms with Gasteiger partial charge in [0.15, 0.2) is 0 Å². The van der Waals surface area contributed by atoms with Gasteiger partial charge in [-0.15, -0.1) is 11.8 Å². The average Bonchev–Trinajstić information content (AvgIpc) is 2.39. The van der Waals surface area contributed by atoms with Gasteiger partial charge in [0.1, 0.15) is 5.82 Å². The molecule has 0 heterocycles. The number of carboxylic acid groups (broad SMARTS) is 1. The van der Waals surface area contributed by atoms with E-state index < -0.39 is 17.9 Å². The first-order valence-electron chi connectivity index (χ1n) is 6.31. The number of carbonyl (C=O) groups is 2. The molecule has 0 aliphatic carbocycles. The lowest BCUT2D eigenvalue weighted by atomic mass is 10.0. The lowest BCUT2D eigenvalue weighted by Crippen LogP contribution is -2.40. The third kappa shape index (κ3) is 5.21. The summed E-state index contributed by atoms with van der Waals surface area (Å²) in [4.78, 5) is 22.9. The predicted octanol–water partition coefficient (Wildman–Crippen LogP) is 2.53. The van der Waals surface area contributed by atoms with Gasteiger partial charge in [-0.1, -0.05) is 12.1 Å². The zero-order valence-electron chi connectivity index (χ0n) is 11.4. The maximum Gasteiger partial charge on any atom is 0.308 e. The number of carbonyl (C=O) groups excluding carboxylic acids is 1. The van der Waals surface area contributed by atoms with E-state index in [1.54, 1.807) is 32.0 Å². The Morgan fingerprint density at radius 1 is 1.35 bits per heavy atom. The molecular weight excluding hydrogens is 281 g/mol. The number of thioether (sulfide) groups is 1. The molecule has 0 aliphatic heterocycles. The van der Waals surface area contributed by atoms with E-state index in [0.717, 1.165) is 0 Å². The maximum absolute atomic E-state index is 13.3. The van der Waals surface area contributed by atoms with E-state index in [2.05, 4.69) is 5.32 Å². The fraction of sp³-hybridized carbons (Fsp3) is 0.429. The van der Waals surface area contributed by atoms with Gasteiger partial charge in [-0.05, 0) is 26.0 Å². The molecule has 2 N–H and O–H groups in total. The Hall–Kier alpha value is -1.56. The molecule has 20 heavy (non-hydrogen) atoms. The van der Waals surface area contributed by atoms with Gasteiger partial charge in [-0.25, -0.2) is 4.39 Å². The zero-order valence-corrected chi connectivity index (χ0v) is 12.2. The van der Waals surface area contributed by atoms with Gasteiger partial charge in [0.05, 0.1) is 5.92 Å². The van der Waals surface area contributed by atoms with Crippen molar-refractivity contribution in [3.8, 4) is 0 Å². The lowest BCUT2D eigenvalue weighted by Gasteiger charge is -2.17. The van der Waals surface area contributed by atoms with Crippen molar-refractivity contribution in [1.29, 1.82) is 0 Å². The van der Waals surface area contributed by atoms with Gasteiger partial charge >= 0.3 is 5.97 Å². The van der Waals surface area contributed by atoms with Crippen molar-refractivity contribution < 1.29 is 19.1 Å². The van der Waals surface area contributed by atoms with Crippen LogP contribution in [0.2, 0.25) is 0 Å². The molecule has 1 aromatic rings. The van der Waals surface area contributed by atoms with Crippen molar-refractivity contribution >= 4 is 23.6 Å². The molecule has 110 valence electrons. The summed E-state index contributed by atoms with van der Waals surface area (Å²) in [6.07, 6.45) is 0.218. The molecule has 1 rings (SSSR count). The zero-order chi connectivity index (χ0) is 15.1. The van der Waals surface area contributed by atoms with E-state index in [4.69, 9.17) is 5.11 Å². The number of rotatable bonds is 7. The minimum atomic E-state index is -0.946. The second-order valence-corrected chi connectivity index (χ2v) is 5.65. The molecule has 1 amide bonds. The lowest BCUT2D eigenvalue weighted by molar-refractivity contribution is -0.142. The SMILES string of the molecule is CC(NC(=O)CCSc1ccccc1F)C(C)C(=O)O. The van der Waals surface area contributed by atoms with Crippen LogP contribution >= 0.6 is 11.8 Å². The maximum atomic E-state index is 13.3. The number of carboxylic acids is 1. The summed E-state index contributed by atoms with van der Waals surface area (Å²) in [6, 6.07) is 5.95. The van der Waals surface area contributed by atoms with Gasteiger partial charge in [-0.2, -0.15) is 0 Å². The third-order valence-corrected chi connectivity index (χ3v) is 4.00. The first-order valence-corrected chi connectivity index (χ1v) is 7.30. The molecule has 0 bridgehead atoms. The van der Waals surface area contributed by atoms with Crippen LogP contribution in [0.4, 0.5) is 4.39 Å². The van der Waals surface area contributed by atoms with Crippen LogP contribution in [-0.2, 0) is 9.59 Å². The second kappa shape index (κ2) is 7.89. The Morgan fingerprint density at radius 3 is 2.60 bits per heavy atom. The minimum Gasteiger partial charge on any atom is -0.481 e. The molecule has 0 saturated carbocycles. The smallest absolute Gasteiger partial charge is 0.308 e. The highest BCUT2D eigenvalue weighted by Crippen LogP contribution is 2.21. The monoisotopic (exact) mass is 299 g/mol. The molecule has 4 nitrogen and oxygen atoms in total. The van der Waals surface area contributed by atoms with E-state index in [-0.39, 0.29) is 18.1 Å². The van der Waals surface area contributed by atoms with E-state index in [1.165, 1.54) is 17.8 Å². The van der Waals surface area contributed by atoms with Gasteiger partial charge in [0.25, 0.3) is 0 Å². The Balaban J connectivity index is 2.34. The van der Waals surface area contributed by atoms with Crippen molar-refractivity contribution in [2.45, 2.75) is 31.2 Å². The van der Waals surface area contributed by atoms with Gasteiger partial charge < -0.3 is 10.4 Å². The molecule has 1 aromatic carbocycles. The van der Waals surface area contributed by atoms with Gasteiger partial charge in [-0.3, -0.25) is 9.59 Å². The summed E-state index contributed by atoms with van der Waals surface area (Å²) >= 11 is 1.27. The highest BCUT2D eigenvalue weighted by Gasteiger charge is 2.20. The van der Waals surface area contributed by atoms with Crippen LogP contribution in [0.15, 0.2) is 29.2 Å². The first kappa shape index (κ1) is 16.5. The van der Waals surface area contributed by atoms with Crippen LogP contribution in [0.5, 0.6) is 0 Å². The number of aliphatic carboxylic acids is 1. The predicted molar refractivity (Wildman–Crippen MR) is 76.1 cm³/mol. The number of benzene rings is 1. The molecule has 6 heteroatoms. The fourth-order valence-corrected chi connectivity index (χ4v) is 2.37. The van der Waals surface area contributed by atoms with E-state index in [0.29, 0.717) is 10.6 Å². The molecule has 2 unspecified atom stereocenters. The molecule has 0 spiro atoms. The molecule has 0 radical (unpaired) electrons. The number of amides is 1. The standard InChI is InChI=1S/C14H18FNO3S/c1-9(14(18)19)10(2)16-13(17)7-8-20-12-6-4-3-5-11(12)15/h3-6,9-10H,7-8H2,1-2H3,(H,16,17)(H,18,19). The fourth-order valence-electron chi connectivity index (χ4n) is 1.48. The van der Waals surface area contributed by atoms with Crippen LogP contribution in [0.1, 0.15) is 20.3 Å². The molecule has 0 aromatic heterocycles. The molecule has 0 fully saturated rings. The summed E-state index contributed by atoms with van der Waals surface area (Å²) in [5.41, 5.74) is 0. The van der Waals surface area contributed by atoms with Crippen molar-refractivity contribution in [1.82, 2.24) is 5.32 Å². The van der Waals surface area contributed by atoms with E-state index in [9.17, 15) is 14.0 Å². The van der Waals surface area contributed by atoms with Crippen molar-refractivity contribution in [3.63, 3.8) is 0 Å². The Morgan fingerprint density at radius 2 is 2.00 bits per heavy atom. The summed E-state index contributed by atoms with van der Waals surface area (Å²) < 4.78 is 13.3. The van der Waals surface area contributed by atoms with Gasteiger partial charge in [0, 0.05) is 23.1 Å². The summed E-state index contributed by atoms with van der Waals surface area (Å²) in [7, 11) is 0. The van der Waals surface area contributed by atoms with Crippen LogP contribution in [0.3, 0.4) is 0 Å². The van der Waals surface area contributed by atoms with E-state index >= 15 is 0 Å². The summed E-state index contributed by atoms with van der Waals surface area (Å²) in [5.74, 6) is -1.67. The van der Waals surface area contributed by atoms with Crippen molar-refractivity contribution in [2.75, 3.05) is 5.75 Å². The Labute approximate surface area is 121 Å². The topological polar surface area (TPSA) is 66.4 Å². The second-order valence-electron chi connectivity index (χ2n) is 4.51. The quantitative estimate of drug-likeness (QED) is 0.759. The Bertz CT molecular complexity index is 481. The number of halogens is 1. The Kier molecular flexibility index (Phi) is 6.51. The first-order chi connectivity index (χ1) is 9.41. The molecule has 0 aliphatic rings. The average molecular weight is 299 g/mol. The van der Waals surface area contributed by atoms with Crippen molar-refractivity contribution in [2.24, 2.45) is 5.92 Å². The van der Waals surface area contributed by atoms with Crippen LogP contribution in [-0.4, -0.2) is 28.8 Å². The highest BCUT2D eigenvalue weighted by molar-refractivity contribution is 7.99. The minimum absolute atomic E-state index is 0.218.